The first-order valence-electron chi connectivity index (χ1n) is 6.82. The summed E-state index contributed by atoms with van der Waals surface area (Å²) in [6, 6.07) is 7.35. The van der Waals surface area contributed by atoms with Crippen molar-refractivity contribution in [2.24, 2.45) is 5.73 Å². The van der Waals surface area contributed by atoms with E-state index in [-0.39, 0.29) is 18.9 Å². The fraction of sp³-hybridized carbons (Fsp3) is 0.533. The van der Waals surface area contributed by atoms with Crippen molar-refractivity contribution in [2.45, 2.75) is 38.5 Å². The number of hydrogen-bond donors (Lipinski definition) is 3. The van der Waals surface area contributed by atoms with Gasteiger partial charge in [-0.05, 0) is 31.5 Å². The maximum Gasteiger partial charge on any atom is 0.219 e. The smallest absolute Gasteiger partial charge is 0.219 e. The average molecular weight is 315 g/mol. The molecule has 0 radical (unpaired) electrons. The van der Waals surface area contributed by atoms with Gasteiger partial charge in [0, 0.05) is 23.5 Å². The van der Waals surface area contributed by atoms with E-state index in [1.807, 2.05) is 26.0 Å². The summed E-state index contributed by atoms with van der Waals surface area (Å²) in [6.07, 6.45) is -0.435. The maximum absolute atomic E-state index is 10.9. The van der Waals surface area contributed by atoms with E-state index in [1.165, 1.54) is 0 Å². The third kappa shape index (κ3) is 8.02. The van der Waals surface area contributed by atoms with Crippen LogP contribution in [0.4, 0.5) is 0 Å². The van der Waals surface area contributed by atoms with Gasteiger partial charge in [-0.25, -0.2) is 0 Å². The van der Waals surface area contributed by atoms with Crippen LogP contribution in [0.2, 0.25) is 5.02 Å². The van der Waals surface area contributed by atoms with Crippen LogP contribution in [0.1, 0.15) is 25.8 Å². The molecule has 0 bridgehead atoms. The van der Waals surface area contributed by atoms with Crippen molar-refractivity contribution >= 4 is 17.5 Å². The Morgan fingerprint density at radius 2 is 2.05 bits per heavy atom. The number of primary amides is 1. The Hall–Kier alpha value is -1.14. The lowest BCUT2D eigenvalue weighted by Gasteiger charge is -2.26. The molecular weight excluding hydrogens is 292 g/mol. The molecule has 6 heteroatoms. The van der Waals surface area contributed by atoms with Crippen LogP contribution in [0.15, 0.2) is 24.3 Å². The van der Waals surface area contributed by atoms with Crippen LogP contribution in [-0.2, 0) is 16.1 Å². The number of carbonyl (C=O) groups excluding carboxylic acids is 1. The molecule has 21 heavy (non-hydrogen) atoms. The van der Waals surface area contributed by atoms with Gasteiger partial charge in [-0.15, -0.1) is 0 Å². The molecule has 0 spiro atoms. The van der Waals surface area contributed by atoms with E-state index >= 15 is 0 Å². The van der Waals surface area contributed by atoms with E-state index in [0.717, 1.165) is 5.56 Å². The van der Waals surface area contributed by atoms with Crippen molar-refractivity contribution in [2.75, 3.05) is 13.2 Å². The number of β-amino-alcohol motifs (C(OH)–C–C–N with tert-alkyl or cyclic N) is 1. The quantitative estimate of drug-likeness (QED) is 0.644. The third-order valence-electron chi connectivity index (χ3n) is 2.92. The summed E-state index contributed by atoms with van der Waals surface area (Å²) in [5.74, 6) is -0.374. The summed E-state index contributed by atoms with van der Waals surface area (Å²) in [5.41, 5.74) is 5.72. The number of hydrogen-bond acceptors (Lipinski definition) is 4. The van der Waals surface area contributed by atoms with Crippen LogP contribution < -0.4 is 11.1 Å². The van der Waals surface area contributed by atoms with Gasteiger partial charge < -0.3 is 20.9 Å². The molecule has 5 nitrogen and oxygen atoms in total. The topological polar surface area (TPSA) is 84.6 Å². The first-order chi connectivity index (χ1) is 9.78. The second kappa shape index (κ2) is 8.34. The highest BCUT2D eigenvalue weighted by atomic mass is 35.5. The van der Waals surface area contributed by atoms with E-state index in [2.05, 4.69) is 5.32 Å². The lowest BCUT2D eigenvalue weighted by molar-refractivity contribution is -0.119. The SMILES string of the molecule is CC(C)(CC(N)=O)NCC(O)COCc1ccc(Cl)cc1. The minimum Gasteiger partial charge on any atom is -0.389 e. The molecule has 0 aliphatic heterocycles. The van der Waals surface area contributed by atoms with Crippen molar-refractivity contribution < 1.29 is 14.6 Å². The molecular formula is C15H23ClN2O3. The predicted octanol–water partition coefficient (Wildman–Crippen LogP) is 1.46. The fourth-order valence-electron chi connectivity index (χ4n) is 1.84. The average Bonchev–Trinajstić information content (AvgIpc) is 2.37. The van der Waals surface area contributed by atoms with Crippen LogP contribution in [0.25, 0.3) is 0 Å². The van der Waals surface area contributed by atoms with Crippen molar-refractivity contribution in [1.82, 2.24) is 5.32 Å². The molecule has 1 aromatic carbocycles. The van der Waals surface area contributed by atoms with Crippen LogP contribution >= 0.6 is 11.6 Å². The van der Waals surface area contributed by atoms with Gasteiger partial charge in [-0.1, -0.05) is 23.7 Å². The Morgan fingerprint density at radius 3 is 2.62 bits per heavy atom. The Kier molecular flexibility index (Phi) is 7.11. The van der Waals surface area contributed by atoms with Crippen LogP contribution in [0.3, 0.4) is 0 Å². The Morgan fingerprint density at radius 1 is 1.43 bits per heavy atom. The molecule has 0 aromatic heterocycles. The Bertz CT molecular complexity index is 449. The second-order valence-corrected chi connectivity index (χ2v) is 6.14. The molecule has 4 N–H and O–H groups in total. The normalized spacial score (nSPS) is 13.1. The van der Waals surface area contributed by atoms with Crippen LogP contribution in [-0.4, -0.2) is 35.8 Å². The number of nitrogens with two attached hydrogens (primary N) is 1. The third-order valence-corrected chi connectivity index (χ3v) is 3.18. The van der Waals surface area contributed by atoms with Crippen molar-refractivity contribution in [3.05, 3.63) is 34.9 Å². The zero-order chi connectivity index (χ0) is 15.9. The molecule has 0 aliphatic carbocycles. The molecule has 0 fully saturated rings. The summed E-state index contributed by atoms with van der Waals surface area (Å²) >= 11 is 5.79. The molecule has 118 valence electrons. The summed E-state index contributed by atoms with van der Waals surface area (Å²) in [4.78, 5) is 10.9. The molecule has 1 unspecified atom stereocenters. The minimum absolute atomic E-state index is 0.211. The molecule has 0 heterocycles. The largest absolute Gasteiger partial charge is 0.389 e. The first-order valence-corrected chi connectivity index (χ1v) is 7.20. The number of benzene rings is 1. The van der Waals surface area contributed by atoms with Gasteiger partial charge in [-0.2, -0.15) is 0 Å². The molecule has 1 atom stereocenters. The number of halogens is 1. The van der Waals surface area contributed by atoms with E-state index in [1.54, 1.807) is 12.1 Å². The van der Waals surface area contributed by atoms with E-state index in [9.17, 15) is 9.90 Å². The molecule has 1 amide bonds. The lowest BCUT2D eigenvalue weighted by Crippen LogP contribution is -2.46. The number of aliphatic hydroxyl groups excluding tert-OH is 1. The fourth-order valence-corrected chi connectivity index (χ4v) is 1.97. The van der Waals surface area contributed by atoms with Gasteiger partial charge in [0.05, 0.1) is 19.3 Å². The highest BCUT2D eigenvalue weighted by molar-refractivity contribution is 6.30. The Balaban J connectivity index is 2.23. The lowest BCUT2D eigenvalue weighted by atomic mass is 10.0. The molecule has 1 aromatic rings. The highest BCUT2D eigenvalue weighted by Crippen LogP contribution is 2.10. The van der Waals surface area contributed by atoms with Gasteiger partial charge >= 0.3 is 0 Å². The van der Waals surface area contributed by atoms with Crippen molar-refractivity contribution in [3.8, 4) is 0 Å². The maximum atomic E-state index is 10.9. The highest BCUT2D eigenvalue weighted by Gasteiger charge is 2.20. The number of ether oxygens (including phenoxy) is 1. The van der Waals surface area contributed by atoms with E-state index < -0.39 is 11.6 Å². The Labute approximate surface area is 130 Å². The van der Waals surface area contributed by atoms with Gasteiger partial charge in [-0.3, -0.25) is 4.79 Å². The number of carbonyl (C=O) groups is 1. The van der Waals surface area contributed by atoms with Crippen molar-refractivity contribution in [3.63, 3.8) is 0 Å². The zero-order valence-corrected chi connectivity index (χ0v) is 13.2. The molecule has 0 saturated carbocycles. The van der Waals surface area contributed by atoms with Gasteiger partial charge in [0.25, 0.3) is 0 Å². The first kappa shape index (κ1) is 17.9. The number of nitrogens with one attached hydrogen (secondary N) is 1. The number of aliphatic hydroxyl groups is 1. The molecule has 1 rings (SSSR count). The molecule has 0 aliphatic rings. The minimum atomic E-state index is -0.649. The summed E-state index contributed by atoms with van der Waals surface area (Å²) < 4.78 is 5.44. The predicted molar refractivity (Wildman–Crippen MR) is 83.0 cm³/mol. The standard InChI is InChI=1S/C15H23ClN2O3/c1-15(2,7-14(17)20)18-8-13(19)10-21-9-11-3-5-12(16)6-4-11/h3-6,13,18-19H,7-10H2,1-2H3,(H2,17,20). The van der Waals surface area contributed by atoms with Gasteiger partial charge in [0.1, 0.15) is 0 Å². The van der Waals surface area contributed by atoms with E-state index in [4.69, 9.17) is 22.1 Å². The summed E-state index contributed by atoms with van der Waals surface area (Å²) in [7, 11) is 0. The second-order valence-electron chi connectivity index (χ2n) is 5.70. The van der Waals surface area contributed by atoms with Gasteiger partial charge in [0.15, 0.2) is 0 Å². The van der Waals surface area contributed by atoms with Crippen LogP contribution in [0, 0.1) is 0 Å². The monoisotopic (exact) mass is 314 g/mol. The summed E-state index contributed by atoms with van der Waals surface area (Å²) in [5, 5.41) is 13.6. The van der Waals surface area contributed by atoms with Crippen molar-refractivity contribution in [1.29, 1.82) is 0 Å². The molecule has 0 saturated heterocycles. The van der Waals surface area contributed by atoms with Crippen LogP contribution in [0.5, 0.6) is 0 Å². The van der Waals surface area contributed by atoms with E-state index in [0.29, 0.717) is 18.2 Å². The summed E-state index contributed by atoms with van der Waals surface area (Å²) in [6.45, 7) is 4.68. The number of rotatable bonds is 9. The number of amides is 1. The zero-order valence-electron chi connectivity index (χ0n) is 12.4. The van der Waals surface area contributed by atoms with Gasteiger partial charge in [0.2, 0.25) is 5.91 Å².